The van der Waals surface area contributed by atoms with Crippen molar-refractivity contribution >= 4 is 11.9 Å². The Morgan fingerprint density at radius 2 is 1.74 bits per heavy atom. The molecular weight excluding hydrogens is 434 g/mol. The van der Waals surface area contributed by atoms with Crippen molar-refractivity contribution in [1.82, 2.24) is 5.32 Å². The third kappa shape index (κ3) is 4.25. The number of benzene rings is 1. The normalized spacial score (nSPS) is 38.9. The van der Waals surface area contributed by atoms with Gasteiger partial charge in [0.05, 0.1) is 6.04 Å². The van der Waals surface area contributed by atoms with Crippen LogP contribution >= 0.6 is 0 Å². The molecule has 5 rings (SSSR count). The lowest BCUT2D eigenvalue weighted by atomic mass is 9.47. The van der Waals surface area contributed by atoms with E-state index in [9.17, 15) is 9.59 Å². The SMILES string of the molecule is CC(=O)O[C@@H]1C=C2CC[C@H]3[C@@H]4CC[C@H](C(=O)N[C@H](C)c5ccc(C)cc5)[C@@]4(C)CC[C@@H]3[C@@]2(C)CC1. The summed E-state index contributed by atoms with van der Waals surface area (Å²) in [4.78, 5) is 25.1. The van der Waals surface area contributed by atoms with E-state index in [1.54, 1.807) is 0 Å². The Balaban J connectivity index is 1.30. The summed E-state index contributed by atoms with van der Waals surface area (Å²) in [6.07, 6.45) is 11.2. The average Bonchev–Trinajstić information content (AvgIpc) is 3.16. The van der Waals surface area contributed by atoms with E-state index in [2.05, 4.69) is 63.4 Å². The number of fused-ring (bicyclic) bond motifs is 5. The Labute approximate surface area is 211 Å². The lowest BCUT2D eigenvalue weighted by Crippen LogP contribution is -2.52. The van der Waals surface area contributed by atoms with E-state index >= 15 is 0 Å². The summed E-state index contributed by atoms with van der Waals surface area (Å²) in [5, 5.41) is 3.37. The quantitative estimate of drug-likeness (QED) is 0.389. The zero-order valence-corrected chi connectivity index (χ0v) is 22.2. The number of carbonyl (C=O) groups is 2. The average molecular weight is 478 g/mol. The van der Waals surface area contributed by atoms with E-state index in [0.29, 0.717) is 17.8 Å². The zero-order valence-electron chi connectivity index (χ0n) is 22.2. The van der Waals surface area contributed by atoms with E-state index in [1.165, 1.54) is 42.9 Å². The maximum Gasteiger partial charge on any atom is 0.303 e. The van der Waals surface area contributed by atoms with Crippen molar-refractivity contribution < 1.29 is 14.3 Å². The number of hydrogen-bond acceptors (Lipinski definition) is 3. The van der Waals surface area contributed by atoms with Crippen LogP contribution in [0.5, 0.6) is 0 Å². The van der Waals surface area contributed by atoms with Gasteiger partial charge >= 0.3 is 5.97 Å². The van der Waals surface area contributed by atoms with E-state index in [0.717, 1.165) is 32.1 Å². The zero-order chi connectivity index (χ0) is 25.0. The Bertz CT molecular complexity index is 1010. The third-order valence-corrected chi connectivity index (χ3v) is 10.6. The number of nitrogens with one attached hydrogen (secondary N) is 1. The minimum Gasteiger partial charge on any atom is -0.458 e. The van der Waals surface area contributed by atoms with Crippen LogP contribution in [0.3, 0.4) is 0 Å². The minimum atomic E-state index is -0.176. The fourth-order valence-corrected chi connectivity index (χ4v) is 8.69. The first-order valence-electron chi connectivity index (χ1n) is 13.9. The first-order valence-corrected chi connectivity index (χ1v) is 13.9. The summed E-state index contributed by atoms with van der Waals surface area (Å²) in [6.45, 7) is 10.6. The predicted molar refractivity (Wildman–Crippen MR) is 138 cm³/mol. The number of aryl methyl sites for hydroxylation is 1. The molecule has 0 aliphatic heterocycles. The molecule has 0 radical (unpaired) electrons. The number of allylic oxidation sites excluding steroid dienone is 1. The van der Waals surface area contributed by atoms with Crippen LogP contribution in [0.4, 0.5) is 0 Å². The maximum atomic E-state index is 13.6. The molecule has 3 fully saturated rings. The van der Waals surface area contributed by atoms with Crippen molar-refractivity contribution in [1.29, 1.82) is 0 Å². The summed E-state index contributed by atoms with van der Waals surface area (Å²) in [6, 6.07) is 8.55. The molecule has 4 heteroatoms. The molecule has 1 N–H and O–H groups in total. The lowest BCUT2D eigenvalue weighted by Gasteiger charge is -2.58. The fraction of sp³-hybridized carbons (Fsp3) is 0.677. The molecule has 1 aromatic rings. The van der Waals surface area contributed by atoms with Gasteiger partial charge in [-0.15, -0.1) is 0 Å². The van der Waals surface area contributed by atoms with Gasteiger partial charge in [0.15, 0.2) is 0 Å². The van der Waals surface area contributed by atoms with Gasteiger partial charge < -0.3 is 10.1 Å². The Hall–Kier alpha value is -2.10. The van der Waals surface area contributed by atoms with Gasteiger partial charge in [-0.1, -0.05) is 49.2 Å². The summed E-state index contributed by atoms with van der Waals surface area (Å²) < 4.78 is 5.56. The number of carbonyl (C=O) groups excluding carboxylic acids is 2. The molecule has 35 heavy (non-hydrogen) atoms. The van der Waals surface area contributed by atoms with Gasteiger partial charge in [0.2, 0.25) is 5.91 Å². The van der Waals surface area contributed by atoms with Gasteiger partial charge in [-0.3, -0.25) is 9.59 Å². The first kappa shape index (κ1) is 24.6. The molecule has 190 valence electrons. The van der Waals surface area contributed by atoms with Crippen LogP contribution in [0.2, 0.25) is 0 Å². The molecule has 1 aromatic carbocycles. The maximum absolute atomic E-state index is 13.6. The van der Waals surface area contributed by atoms with Crippen LogP contribution in [-0.2, 0) is 14.3 Å². The number of hydrogen-bond donors (Lipinski definition) is 1. The standard InChI is InChI=1S/C31H43NO3/c1-19-6-8-22(9-7-19)20(2)32-29(34)28-13-12-26-25-11-10-23-18-24(35-21(3)33)14-16-30(23,4)27(25)15-17-31(26,28)5/h6-9,18,20,24-28H,10-17H2,1-5H3,(H,32,34)/t20-,24+,25+,26+,27+,28-,30+,31+/m1/s1. The summed E-state index contributed by atoms with van der Waals surface area (Å²) in [5.41, 5.74) is 4.27. The molecule has 4 aliphatic rings. The molecule has 3 saturated carbocycles. The molecule has 1 amide bonds. The minimum absolute atomic E-state index is 0.0378. The van der Waals surface area contributed by atoms with Crippen LogP contribution < -0.4 is 5.32 Å². The van der Waals surface area contributed by atoms with Gasteiger partial charge in [0.25, 0.3) is 0 Å². The number of amides is 1. The predicted octanol–water partition coefficient (Wildman–Crippen LogP) is 6.68. The Kier molecular flexibility index (Phi) is 6.38. The highest BCUT2D eigenvalue weighted by atomic mass is 16.5. The van der Waals surface area contributed by atoms with Crippen molar-refractivity contribution in [2.24, 2.45) is 34.5 Å². The molecule has 0 saturated heterocycles. The van der Waals surface area contributed by atoms with E-state index in [1.807, 2.05) is 0 Å². The van der Waals surface area contributed by atoms with E-state index in [-0.39, 0.29) is 40.8 Å². The second-order valence-corrected chi connectivity index (χ2v) is 12.5. The molecular formula is C31H43NO3. The van der Waals surface area contributed by atoms with Crippen LogP contribution in [0.1, 0.15) is 96.2 Å². The first-order chi connectivity index (χ1) is 16.6. The molecule has 0 spiro atoms. The number of rotatable bonds is 4. The lowest BCUT2D eigenvalue weighted by molar-refractivity contribution is -0.146. The molecule has 0 unspecified atom stereocenters. The van der Waals surface area contributed by atoms with Crippen molar-refractivity contribution in [3.8, 4) is 0 Å². The Morgan fingerprint density at radius 3 is 2.46 bits per heavy atom. The van der Waals surface area contributed by atoms with Crippen molar-refractivity contribution in [3.63, 3.8) is 0 Å². The highest BCUT2D eigenvalue weighted by Gasteiger charge is 2.60. The largest absolute Gasteiger partial charge is 0.458 e. The van der Waals surface area contributed by atoms with Gasteiger partial charge in [-0.2, -0.15) is 0 Å². The molecule has 8 atom stereocenters. The number of ether oxygens (including phenoxy) is 1. The van der Waals surface area contributed by atoms with E-state index in [4.69, 9.17) is 4.74 Å². The summed E-state index contributed by atoms with van der Waals surface area (Å²) in [7, 11) is 0. The summed E-state index contributed by atoms with van der Waals surface area (Å²) in [5.74, 6) is 2.22. The highest BCUT2D eigenvalue weighted by Crippen LogP contribution is 2.66. The molecule has 4 aliphatic carbocycles. The van der Waals surface area contributed by atoms with Crippen LogP contribution in [-0.4, -0.2) is 18.0 Å². The second-order valence-electron chi connectivity index (χ2n) is 12.5. The van der Waals surface area contributed by atoms with Crippen molar-refractivity contribution in [2.45, 2.75) is 98.1 Å². The molecule has 4 nitrogen and oxygen atoms in total. The van der Waals surface area contributed by atoms with Gasteiger partial charge in [-0.05, 0) is 105 Å². The third-order valence-electron chi connectivity index (χ3n) is 10.6. The highest BCUT2D eigenvalue weighted by molar-refractivity contribution is 5.80. The second kappa shape index (κ2) is 9.09. The van der Waals surface area contributed by atoms with Gasteiger partial charge in [0.1, 0.15) is 6.10 Å². The smallest absolute Gasteiger partial charge is 0.303 e. The fourth-order valence-electron chi connectivity index (χ4n) is 8.69. The van der Waals surface area contributed by atoms with Crippen molar-refractivity contribution in [3.05, 3.63) is 47.0 Å². The van der Waals surface area contributed by atoms with Gasteiger partial charge in [-0.25, -0.2) is 0 Å². The molecule has 0 bridgehead atoms. The van der Waals surface area contributed by atoms with E-state index < -0.39 is 0 Å². The van der Waals surface area contributed by atoms with Crippen LogP contribution in [0.25, 0.3) is 0 Å². The molecule has 0 aromatic heterocycles. The van der Waals surface area contributed by atoms with Gasteiger partial charge in [0, 0.05) is 12.8 Å². The number of esters is 1. The molecule has 0 heterocycles. The Morgan fingerprint density at radius 1 is 1.00 bits per heavy atom. The summed E-state index contributed by atoms with van der Waals surface area (Å²) >= 11 is 0. The van der Waals surface area contributed by atoms with Crippen LogP contribution in [0, 0.1) is 41.4 Å². The van der Waals surface area contributed by atoms with Crippen molar-refractivity contribution in [2.75, 3.05) is 0 Å². The monoisotopic (exact) mass is 477 g/mol. The topological polar surface area (TPSA) is 55.4 Å². The van der Waals surface area contributed by atoms with Crippen LogP contribution in [0.15, 0.2) is 35.9 Å².